The first kappa shape index (κ1) is 15.3. The Morgan fingerprint density at radius 3 is 2.43 bits per heavy atom. The molecule has 0 radical (unpaired) electrons. The normalized spacial score (nSPS) is 16.2. The molecule has 1 aromatic rings. The van der Waals surface area contributed by atoms with Crippen LogP contribution in [0.15, 0.2) is 0 Å². The van der Waals surface area contributed by atoms with Crippen LogP contribution >= 0.6 is 0 Å². The predicted octanol–water partition coefficient (Wildman–Crippen LogP) is 0.292. The number of likely N-dealkylation sites (tertiary alicyclic amines) is 1. The Labute approximate surface area is 124 Å². The quantitative estimate of drug-likeness (QED) is 0.832. The van der Waals surface area contributed by atoms with Crippen LogP contribution in [-0.2, 0) is 18.3 Å². The number of nitrogens with two attached hydrogens (primary N) is 2. The molecule has 0 aliphatic carbocycles. The van der Waals surface area contributed by atoms with E-state index in [1.54, 1.807) is 16.6 Å². The molecule has 1 saturated heterocycles. The maximum absolute atomic E-state index is 12.6. The van der Waals surface area contributed by atoms with E-state index in [0.717, 1.165) is 18.5 Å². The van der Waals surface area contributed by atoms with Crippen molar-refractivity contribution in [2.75, 3.05) is 18.8 Å². The molecule has 1 aliphatic rings. The van der Waals surface area contributed by atoms with Gasteiger partial charge < -0.3 is 16.4 Å². The van der Waals surface area contributed by atoms with Gasteiger partial charge in [-0.15, -0.1) is 0 Å². The van der Waals surface area contributed by atoms with Gasteiger partial charge in [-0.05, 0) is 25.2 Å². The molecule has 0 bridgehead atoms. The Bertz CT molecular complexity index is 544. The van der Waals surface area contributed by atoms with E-state index in [2.05, 4.69) is 5.10 Å². The molecule has 1 fully saturated rings. The number of primary amides is 1. The lowest BCUT2D eigenvalue weighted by molar-refractivity contribution is -0.119. The molecule has 21 heavy (non-hydrogen) atoms. The Morgan fingerprint density at radius 1 is 1.33 bits per heavy atom. The number of aromatic nitrogens is 2. The van der Waals surface area contributed by atoms with E-state index < -0.39 is 0 Å². The van der Waals surface area contributed by atoms with Crippen molar-refractivity contribution in [2.24, 2.45) is 18.7 Å². The van der Waals surface area contributed by atoms with Crippen LogP contribution in [-0.4, -0.2) is 39.6 Å². The number of nitrogens with zero attached hydrogens (tertiary/aromatic N) is 3. The second kappa shape index (κ2) is 6.15. The van der Waals surface area contributed by atoms with Gasteiger partial charge in [-0.1, -0.05) is 6.92 Å². The third-order valence-corrected chi connectivity index (χ3v) is 4.09. The van der Waals surface area contributed by atoms with Gasteiger partial charge in [-0.25, -0.2) is 0 Å². The highest BCUT2D eigenvalue weighted by atomic mass is 16.2. The van der Waals surface area contributed by atoms with E-state index >= 15 is 0 Å². The molecular weight excluding hydrogens is 270 g/mol. The first-order chi connectivity index (χ1) is 9.93. The lowest BCUT2D eigenvalue weighted by atomic mass is 9.93. The lowest BCUT2D eigenvalue weighted by Crippen LogP contribution is -2.40. The molecule has 7 heteroatoms. The van der Waals surface area contributed by atoms with Crippen LogP contribution in [0.1, 0.15) is 42.4 Å². The molecule has 0 unspecified atom stereocenters. The number of hydrogen-bond donors (Lipinski definition) is 2. The number of anilines is 1. The fraction of sp³-hybridized carbons (Fsp3) is 0.643. The topological polar surface area (TPSA) is 107 Å². The molecule has 7 nitrogen and oxygen atoms in total. The van der Waals surface area contributed by atoms with Crippen LogP contribution in [0.2, 0.25) is 0 Å². The van der Waals surface area contributed by atoms with Crippen LogP contribution in [0.4, 0.5) is 5.69 Å². The fourth-order valence-corrected chi connectivity index (χ4v) is 2.89. The van der Waals surface area contributed by atoms with Gasteiger partial charge in [0, 0.05) is 26.6 Å². The number of carbonyl (C=O) groups excluding carboxylic acids is 2. The molecule has 0 saturated carbocycles. The summed E-state index contributed by atoms with van der Waals surface area (Å²) in [6.07, 6.45) is 2.70. The molecule has 116 valence electrons. The summed E-state index contributed by atoms with van der Waals surface area (Å²) in [5.74, 6) is -0.0791. The van der Waals surface area contributed by atoms with Crippen molar-refractivity contribution in [3.63, 3.8) is 0 Å². The minimum atomic E-state index is -0.275. The van der Waals surface area contributed by atoms with Crippen molar-refractivity contribution in [3.05, 3.63) is 11.4 Å². The van der Waals surface area contributed by atoms with Gasteiger partial charge in [0.25, 0.3) is 5.91 Å². The van der Waals surface area contributed by atoms with Crippen LogP contribution in [0, 0.1) is 5.92 Å². The summed E-state index contributed by atoms with van der Waals surface area (Å²) in [6, 6.07) is 0. The third kappa shape index (κ3) is 3.17. The summed E-state index contributed by atoms with van der Waals surface area (Å²) in [5, 5.41) is 4.28. The molecule has 2 amide bonds. The molecule has 0 spiro atoms. The number of carbonyl (C=O) groups is 2. The zero-order valence-electron chi connectivity index (χ0n) is 12.6. The summed E-state index contributed by atoms with van der Waals surface area (Å²) >= 11 is 0. The second-order valence-electron chi connectivity index (χ2n) is 5.59. The van der Waals surface area contributed by atoms with E-state index in [1.165, 1.54) is 0 Å². The summed E-state index contributed by atoms with van der Waals surface area (Å²) in [6.45, 7) is 3.22. The number of aryl methyl sites for hydroxylation is 2. The van der Waals surface area contributed by atoms with Gasteiger partial charge in [-0.3, -0.25) is 14.3 Å². The van der Waals surface area contributed by atoms with Gasteiger partial charge in [0.1, 0.15) is 5.69 Å². The van der Waals surface area contributed by atoms with Crippen molar-refractivity contribution in [1.82, 2.24) is 14.7 Å². The van der Waals surface area contributed by atoms with Gasteiger partial charge >= 0.3 is 0 Å². The molecular formula is C14H23N5O2. The van der Waals surface area contributed by atoms with E-state index in [9.17, 15) is 9.59 Å². The number of nitrogen functional groups attached to an aromatic ring is 1. The lowest BCUT2D eigenvalue weighted by Gasteiger charge is -2.31. The highest BCUT2D eigenvalue weighted by Gasteiger charge is 2.28. The standard InChI is InChI=1S/C14H23N5O2/c1-3-10-12(16)13(18(2)17-10)14(21)19-6-4-9(5-7-19)8-11(15)20/h9H,3-8,16H2,1-2H3,(H2,15,20). The van der Waals surface area contributed by atoms with Crippen molar-refractivity contribution >= 4 is 17.5 Å². The average molecular weight is 293 g/mol. The summed E-state index contributed by atoms with van der Waals surface area (Å²) in [5.41, 5.74) is 12.9. The molecule has 1 aromatic heterocycles. The van der Waals surface area contributed by atoms with E-state index in [1.807, 2.05) is 6.92 Å². The number of piperidine rings is 1. The Morgan fingerprint density at radius 2 is 1.95 bits per heavy atom. The highest BCUT2D eigenvalue weighted by Crippen LogP contribution is 2.24. The van der Waals surface area contributed by atoms with Crippen LogP contribution < -0.4 is 11.5 Å². The Hall–Kier alpha value is -2.05. The SMILES string of the molecule is CCc1nn(C)c(C(=O)N2CCC(CC(N)=O)CC2)c1N. The first-order valence-corrected chi connectivity index (χ1v) is 7.33. The maximum Gasteiger partial charge on any atom is 0.274 e. The van der Waals surface area contributed by atoms with Crippen LogP contribution in [0.3, 0.4) is 0 Å². The second-order valence-corrected chi connectivity index (χ2v) is 5.59. The summed E-state index contributed by atoms with van der Waals surface area (Å²) in [4.78, 5) is 25.3. The predicted molar refractivity (Wildman–Crippen MR) is 79.4 cm³/mol. The summed E-state index contributed by atoms with van der Waals surface area (Å²) in [7, 11) is 1.74. The minimum absolute atomic E-state index is 0.0836. The molecule has 1 aliphatic heterocycles. The average Bonchev–Trinajstić information content (AvgIpc) is 2.73. The molecule has 2 rings (SSSR count). The molecule has 2 heterocycles. The molecule has 0 atom stereocenters. The van der Waals surface area contributed by atoms with Crippen molar-refractivity contribution in [3.8, 4) is 0 Å². The smallest absolute Gasteiger partial charge is 0.274 e. The zero-order valence-corrected chi connectivity index (χ0v) is 12.6. The van der Waals surface area contributed by atoms with Crippen LogP contribution in [0.5, 0.6) is 0 Å². The van der Waals surface area contributed by atoms with Crippen molar-refractivity contribution in [1.29, 1.82) is 0 Å². The first-order valence-electron chi connectivity index (χ1n) is 7.33. The molecule has 4 N–H and O–H groups in total. The van der Waals surface area contributed by atoms with Gasteiger partial charge in [-0.2, -0.15) is 5.10 Å². The summed E-state index contributed by atoms with van der Waals surface area (Å²) < 4.78 is 1.56. The minimum Gasteiger partial charge on any atom is -0.395 e. The Balaban J connectivity index is 2.05. The van der Waals surface area contributed by atoms with Gasteiger partial charge in [0.05, 0.1) is 11.4 Å². The largest absolute Gasteiger partial charge is 0.395 e. The maximum atomic E-state index is 12.6. The van der Waals surface area contributed by atoms with E-state index in [0.29, 0.717) is 37.3 Å². The number of amides is 2. The highest BCUT2D eigenvalue weighted by molar-refractivity contribution is 5.98. The van der Waals surface area contributed by atoms with E-state index in [4.69, 9.17) is 11.5 Å². The van der Waals surface area contributed by atoms with Crippen LogP contribution in [0.25, 0.3) is 0 Å². The fourth-order valence-electron chi connectivity index (χ4n) is 2.89. The van der Waals surface area contributed by atoms with Gasteiger partial charge in [0.15, 0.2) is 0 Å². The zero-order chi connectivity index (χ0) is 15.6. The monoisotopic (exact) mass is 293 g/mol. The Kier molecular flexibility index (Phi) is 4.50. The van der Waals surface area contributed by atoms with Crippen molar-refractivity contribution in [2.45, 2.75) is 32.6 Å². The van der Waals surface area contributed by atoms with Gasteiger partial charge in [0.2, 0.25) is 5.91 Å². The number of rotatable bonds is 4. The van der Waals surface area contributed by atoms with E-state index in [-0.39, 0.29) is 17.7 Å². The number of hydrogen-bond acceptors (Lipinski definition) is 4. The molecule has 0 aromatic carbocycles. The van der Waals surface area contributed by atoms with Crippen molar-refractivity contribution < 1.29 is 9.59 Å². The third-order valence-electron chi connectivity index (χ3n) is 4.09.